The third kappa shape index (κ3) is 4.53. The lowest BCUT2D eigenvalue weighted by atomic mass is 10.1. The van der Waals surface area contributed by atoms with Crippen LogP contribution in [0.2, 0.25) is 5.02 Å². The van der Waals surface area contributed by atoms with Gasteiger partial charge >= 0.3 is 0 Å². The molecule has 1 amide bonds. The van der Waals surface area contributed by atoms with E-state index in [9.17, 15) is 4.79 Å². The SMILES string of the molecule is CN1CCOCC(CNC(=O)Cc2cc3c(cc2Cl)OCCO3)C1. The van der Waals surface area contributed by atoms with Crippen molar-refractivity contribution in [2.24, 2.45) is 5.92 Å². The molecule has 1 unspecified atom stereocenters. The molecule has 1 saturated heterocycles. The number of hydrogen-bond donors (Lipinski definition) is 1. The standard InChI is InChI=1S/C17H23ClN2O4/c1-20-2-3-22-11-12(10-20)9-19-17(21)7-13-6-15-16(8-14(13)18)24-5-4-23-15/h6,8,12H,2-5,7,9-11H2,1H3,(H,19,21). The molecule has 0 aliphatic carbocycles. The fraction of sp³-hybridized carbons (Fsp3) is 0.588. The van der Waals surface area contributed by atoms with Gasteiger partial charge in [-0.25, -0.2) is 0 Å². The molecule has 0 radical (unpaired) electrons. The van der Waals surface area contributed by atoms with Crippen molar-refractivity contribution in [1.82, 2.24) is 10.2 Å². The van der Waals surface area contributed by atoms with Crippen LogP contribution in [0.15, 0.2) is 12.1 Å². The topological polar surface area (TPSA) is 60.0 Å². The van der Waals surface area contributed by atoms with Gasteiger partial charge < -0.3 is 24.4 Å². The number of carbonyl (C=O) groups excluding carboxylic acids is 1. The summed E-state index contributed by atoms with van der Waals surface area (Å²) in [5, 5.41) is 3.50. The Morgan fingerprint density at radius 1 is 1.29 bits per heavy atom. The first-order valence-corrected chi connectivity index (χ1v) is 8.60. The minimum absolute atomic E-state index is 0.0551. The van der Waals surface area contributed by atoms with Crippen molar-refractivity contribution in [1.29, 1.82) is 0 Å². The molecule has 0 spiro atoms. The van der Waals surface area contributed by atoms with E-state index >= 15 is 0 Å². The fourth-order valence-corrected chi connectivity index (χ4v) is 3.13. The zero-order valence-electron chi connectivity index (χ0n) is 13.8. The van der Waals surface area contributed by atoms with Crippen LogP contribution in [0, 0.1) is 5.92 Å². The Hall–Kier alpha value is -1.50. The first-order chi connectivity index (χ1) is 11.6. The zero-order chi connectivity index (χ0) is 16.9. The van der Waals surface area contributed by atoms with Gasteiger partial charge in [-0.1, -0.05) is 11.6 Å². The van der Waals surface area contributed by atoms with Crippen molar-refractivity contribution in [3.05, 3.63) is 22.7 Å². The Balaban J connectivity index is 1.55. The van der Waals surface area contributed by atoms with Gasteiger partial charge in [0, 0.05) is 36.6 Å². The lowest BCUT2D eigenvalue weighted by Gasteiger charge is -2.20. The monoisotopic (exact) mass is 354 g/mol. The third-order valence-electron chi connectivity index (χ3n) is 4.19. The van der Waals surface area contributed by atoms with Crippen LogP contribution in [0.1, 0.15) is 5.56 Å². The second-order valence-electron chi connectivity index (χ2n) is 6.27. The van der Waals surface area contributed by atoms with Gasteiger partial charge in [-0.2, -0.15) is 0 Å². The van der Waals surface area contributed by atoms with E-state index in [0.29, 0.717) is 48.8 Å². The first-order valence-electron chi connectivity index (χ1n) is 8.23. The highest BCUT2D eigenvalue weighted by Crippen LogP contribution is 2.35. The Morgan fingerprint density at radius 3 is 2.83 bits per heavy atom. The summed E-state index contributed by atoms with van der Waals surface area (Å²) in [6.07, 6.45) is 0.221. The summed E-state index contributed by atoms with van der Waals surface area (Å²) >= 11 is 6.25. The van der Waals surface area contributed by atoms with Crippen molar-refractivity contribution in [3.8, 4) is 11.5 Å². The number of ether oxygens (including phenoxy) is 3. The van der Waals surface area contributed by atoms with E-state index in [-0.39, 0.29) is 12.3 Å². The van der Waals surface area contributed by atoms with Crippen molar-refractivity contribution in [2.75, 3.05) is 53.1 Å². The molecule has 1 atom stereocenters. The number of rotatable bonds is 4. The molecule has 2 aliphatic rings. The predicted molar refractivity (Wildman–Crippen MR) is 91.0 cm³/mol. The molecular formula is C17H23ClN2O4. The molecule has 0 bridgehead atoms. The zero-order valence-corrected chi connectivity index (χ0v) is 14.6. The minimum atomic E-state index is -0.0551. The lowest BCUT2D eigenvalue weighted by Crippen LogP contribution is -2.36. The maximum absolute atomic E-state index is 12.2. The number of nitrogens with one attached hydrogen (secondary N) is 1. The van der Waals surface area contributed by atoms with E-state index in [1.165, 1.54) is 0 Å². The minimum Gasteiger partial charge on any atom is -0.486 e. The summed E-state index contributed by atoms with van der Waals surface area (Å²) in [6, 6.07) is 3.51. The highest BCUT2D eigenvalue weighted by Gasteiger charge is 2.19. The fourth-order valence-electron chi connectivity index (χ4n) is 2.91. The molecule has 0 aromatic heterocycles. The average Bonchev–Trinajstić information content (AvgIpc) is 2.78. The van der Waals surface area contributed by atoms with Crippen molar-refractivity contribution in [3.63, 3.8) is 0 Å². The van der Waals surface area contributed by atoms with E-state index in [0.717, 1.165) is 25.3 Å². The summed E-state index contributed by atoms with van der Waals surface area (Å²) in [7, 11) is 2.07. The van der Waals surface area contributed by atoms with Crippen LogP contribution in [0.5, 0.6) is 11.5 Å². The Labute approximate surface area is 147 Å². The number of benzene rings is 1. The first kappa shape index (κ1) is 17.3. The van der Waals surface area contributed by atoms with Crippen LogP contribution in [0.3, 0.4) is 0 Å². The molecule has 2 heterocycles. The van der Waals surface area contributed by atoms with Gasteiger partial charge in [0.05, 0.1) is 19.6 Å². The summed E-state index contributed by atoms with van der Waals surface area (Å²) in [6.45, 7) is 4.90. The number of nitrogens with zero attached hydrogens (tertiary/aromatic N) is 1. The molecule has 3 rings (SSSR count). The number of fused-ring (bicyclic) bond motifs is 1. The Morgan fingerprint density at radius 2 is 2.04 bits per heavy atom. The number of hydrogen-bond acceptors (Lipinski definition) is 5. The van der Waals surface area contributed by atoms with Crippen LogP contribution >= 0.6 is 11.6 Å². The second-order valence-corrected chi connectivity index (χ2v) is 6.68. The maximum Gasteiger partial charge on any atom is 0.224 e. The number of amides is 1. The molecule has 6 nitrogen and oxygen atoms in total. The van der Waals surface area contributed by atoms with Gasteiger partial charge in [0.1, 0.15) is 13.2 Å². The number of carbonyl (C=O) groups is 1. The van der Waals surface area contributed by atoms with Crippen LogP contribution in [-0.4, -0.2) is 63.9 Å². The van der Waals surface area contributed by atoms with E-state index in [2.05, 4.69) is 17.3 Å². The van der Waals surface area contributed by atoms with Crippen molar-refractivity contribution in [2.45, 2.75) is 6.42 Å². The molecule has 1 aromatic carbocycles. The van der Waals surface area contributed by atoms with Gasteiger partial charge in [-0.3, -0.25) is 4.79 Å². The summed E-state index contributed by atoms with van der Waals surface area (Å²) in [5.41, 5.74) is 0.743. The summed E-state index contributed by atoms with van der Waals surface area (Å²) < 4.78 is 16.6. The highest BCUT2D eigenvalue weighted by molar-refractivity contribution is 6.31. The summed E-state index contributed by atoms with van der Waals surface area (Å²) in [4.78, 5) is 14.5. The normalized spacial score (nSPS) is 21.2. The molecule has 132 valence electrons. The van der Waals surface area contributed by atoms with Gasteiger partial charge in [0.2, 0.25) is 5.91 Å². The molecule has 24 heavy (non-hydrogen) atoms. The van der Waals surface area contributed by atoms with E-state index in [4.69, 9.17) is 25.8 Å². The molecule has 2 aliphatic heterocycles. The molecule has 7 heteroatoms. The molecule has 0 saturated carbocycles. The summed E-state index contributed by atoms with van der Waals surface area (Å²) in [5.74, 6) is 1.53. The van der Waals surface area contributed by atoms with E-state index in [1.54, 1.807) is 12.1 Å². The lowest BCUT2D eigenvalue weighted by molar-refractivity contribution is -0.120. The number of halogens is 1. The molecule has 1 fully saturated rings. The predicted octanol–water partition coefficient (Wildman–Crippen LogP) is 1.35. The Bertz CT molecular complexity index is 596. The van der Waals surface area contributed by atoms with E-state index in [1.807, 2.05) is 0 Å². The van der Waals surface area contributed by atoms with Crippen LogP contribution in [0.25, 0.3) is 0 Å². The number of likely N-dealkylation sites (N-methyl/N-ethyl adjacent to an activating group) is 1. The molecule has 1 N–H and O–H groups in total. The van der Waals surface area contributed by atoms with Crippen LogP contribution < -0.4 is 14.8 Å². The van der Waals surface area contributed by atoms with E-state index < -0.39 is 0 Å². The van der Waals surface area contributed by atoms with Gasteiger partial charge in [-0.15, -0.1) is 0 Å². The quantitative estimate of drug-likeness (QED) is 0.884. The van der Waals surface area contributed by atoms with Crippen LogP contribution in [0.4, 0.5) is 0 Å². The molecular weight excluding hydrogens is 332 g/mol. The average molecular weight is 355 g/mol. The van der Waals surface area contributed by atoms with Crippen molar-refractivity contribution >= 4 is 17.5 Å². The van der Waals surface area contributed by atoms with Gasteiger partial charge in [0.25, 0.3) is 0 Å². The largest absolute Gasteiger partial charge is 0.486 e. The highest BCUT2D eigenvalue weighted by atomic mass is 35.5. The molecule has 1 aromatic rings. The van der Waals surface area contributed by atoms with Crippen LogP contribution in [-0.2, 0) is 16.0 Å². The Kier molecular flexibility index (Phi) is 5.81. The third-order valence-corrected chi connectivity index (χ3v) is 4.54. The second kappa shape index (κ2) is 8.05. The van der Waals surface area contributed by atoms with Gasteiger partial charge in [-0.05, 0) is 18.7 Å². The smallest absolute Gasteiger partial charge is 0.224 e. The van der Waals surface area contributed by atoms with Crippen molar-refractivity contribution < 1.29 is 19.0 Å². The maximum atomic E-state index is 12.2. The van der Waals surface area contributed by atoms with Gasteiger partial charge in [0.15, 0.2) is 11.5 Å².